The summed E-state index contributed by atoms with van der Waals surface area (Å²) in [5.74, 6) is -0.298. The van der Waals surface area contributed by atoms with Gasteiger partial charge in [0.15, 0.2) is 0 Å². The van der Waals surface area contributed by atoms with Gasteiger partial charge in [-0.2, -0.15) is 8.78 Å². The van der Waals surface area contributed by atoms with Gasteiger partial charge in [0, 0.05) is 45.3 Å². The third kappa shape index (κ3) is 4.37. The summed E-state index contributed by atoms with van der Waals surface area (Å²) < 4.78 is 30.5. The van der Waals surface area contributed by atoms with E-state index in [0.29, 0.717) is 19.1 Å². The number of halogens is 3. The van der Waals surface area contributed by atoms with Gasteiger partial charge < -0.3 is 15.0 Å². The van der Waals surface area contributed by atoms with Crippen molar-refractivity contribution in [2.75, 3.05) is 39.3 Å². The van der Waals surface area contributed by atoms with Gasteiger partial charge in [0.25, 0.3) is 5.91 Å². The summed E-state index contributed by atoms with van der Waals surface area (Å²) >= 11 is 0. The van der Waals surface area contributed by atoms with Crippen LogP contribution in [0.1, 0.15) is 16.8 Å². The topological polar surface area (TPSA) is 44.8 Å². The van der Waals surface area contributed by atoms with E-state index in [2.05, 4.69) is 15.0 Å². The van der Waals surface area contributed by atoms with E-state index < -0.39 is 6.61 Å². The number of benzene rings is 2. The zero-order valence-corrected chi connectivity index (χ0v) is 16.3. The molecule has 2 aliphatic heterocycles. The molecule has 4 rings (SSSR count). The molecule has 1 unspecified atom stereocenters. The first-order valence-electron chi connectivity index (χ1n) is 9.33. The number of hydrogen-bond acceptors (Lipinski definition) is 4. The van der Waals surface area contributed by atoms with Crippen molar-refractivity contribution in [2.45, 2.75) is 19.1 Å². The summed E-state index contributed by atoms with van der Waals surface area (Å²) in [5.41, 5.74) is 0.204. The van der Waals surface area contributed by atoms with E-state index >= 15 is 0 Å². The quantitative estimate of drug-likeness (QED) is 0.840. The predicted octanol–water partition coefficient (Wildman–Crippen LogP) is 2.98. The Morgan fingerprint density at radius 3 is 2.46 bits per heavy atom. The number of carbonyl (C=O) groups is 1. The molecule has 1 amide bonds. The number of carbonyl (C=O) groups excluding carboxylic acids is 1. The SMILES string of the molecule is Cl.O=C(c1cc2ccccc2cc1OC(F)F)N1CCC(N2CCNCC2)C1. The van der Waals surface area contributed by atoms with Gasteiger partial charge in [-0.3, -0.25) is 9.69 Å². The van der Waals surface area contributed by atoms with Crippen LogP contribution in [0.3, 0.4) is 0 Å². The fourth-order valence-electron chi connectivity index (χ4n) is 4.02. The van der Waals surface area contributed by atoms with Crippen molar-refractivity contribution < 1.29 is 18.3 Å². The number of hydrogen-bond donors (Lipinski definition) is 1. The Morgan fingerprint density at radius 1 is 1.11 bits per heavy atom. The Balaban J connectivity index is 0.00000225. The number of likely N-dealkylation sites (tertiary alicyclic amines) is 1. The standard InChI is InChI=1S/C20H23F2N3O2.ClH/c21-20(22)27-18-12-15-4-2-1-3-14(15)11-17(18)19(26)25-8-5-16(13-25)24-9-6-23-7-10-24;/h1-4,11-12,16,20,23H,5-10,13H2;1H. The van der Waals surface area contributed by atoms with E-state index in [1.807, 2.05) is 24.3 Å². The van der Waals surface area contributed by atoms with Crippen molar-refractivity contribution in [3.05, 3.63) is 42.0 Å². The monoisotopic (exact) mass is 411 g/mol. The molecule has 2 heterocycles. The number of nitrogens with one attached hydrogen (secondary N) is 1. The summed E-state index contributed by atoms with van der Waals surface area (Å²) in [6, 6.07) is 10.9. The second-order valence-corrected chi connectivity index (χ2v) is 7.05. The largest absolute Gasteiger partial charge is 0.434 e. The van der Waals surface area contributed by atoms with Gasteiger partial charge in [0.05, 0.1) is 5.56 Å². The third-order valence-corrected chi connectivity index (χ3v) is 5.41. The van der Waals surface area contributed by atoms with Gasteiger partial charge in [0.2, 0.25) is 0 Å². The lowest BCUT2D eigenvalue weighted by molar-refractivity contribution is -0.0501. The molecule has 2 aromatic rings. The molecule has 0 aromatic heterocycles. The number of ether oxygens (including phenoxy) is 1. The molecule has 0 aliphatic carbocycles. The molecule has 2 saturated heterocycles. The van der Waals surface area contributed by atoms with Crippen LogP contribution in [0.4, 0.5) is 8.78 Å². The molecule has 0 bridgehead atoms. The van der Waals surface area contributed by atoms with Gasteiger partial charge in [-0.1, -0.05) is 24.3 Å². The van der Waals surface area contributed by atoms with Crippen molar-refractivity contribution in [1.82, 2.24) is 15.1 Å². The maximum Gasteiger partial charge on any atom is 0.387 e. The molecular formula is C20H24ClF2N3O2. The van der Waals surface area contributed by atoms with E-state index in [1.165, 1.54) is 6.07 Å². The number of rotatable bonds is 4. The molecule has 2 aliphatic rings. The van der Waals surface area contributed by atoms with Crippen LogP contribution in [0.25, 0.3) is 10.8 Å². The molecule has 5 nitrogen and oxygen atoms in total. The Labute approximate surface area is 169 Å². The molecule has 0 radical (unpaired) electrons. The van der Waals surface area contributed by atoms with E-state index in [0.717, 1.165) is 43.4 Å². The summed E-state index contributed by atoms with van der Waals surface area (Å²) in [6.45, 7) is 2.16. The van der Waals surface area contributed by atoms with Gasteiger partial charge in [-0.05, 0) is 29.3 Å². The number of nitrogens with zero attached hydrogens (tertiary/aromatic N) is 2. The first-order valence-corrected chi connectivity index (χ1v) is 9.33. The van der Waals surface area contributed by atoms with Gasteiger partial charge >= 0.3 is 6.61 Å². The van der Waals surface area contributed by atoms with Crippen LogP contribution < -0.4 is 10.1 Å². The molecule has 2 aromatic carbocycles. The van der Waals surface area contributed by atoms with Crippen molar-refractivity contribution in [3.8, 4) is 5.75 Å². The number of piperazine rings is 1. The minimum Gasteiger partial charge on any atom is -0.434 e. The van der Waals surface area contributed by atoms with Crippen LogP contribution in [0, 0.1) is 0 Å². The lowest BCUT2D eigenvalue weighted by atomic mass is 10.0. The summed E-state index contributed by atoms with van der Waals surface area (Å²) in [4.78, 5) is 17.3. The normalized spacial score (nSPS) is 20.4. The van der Waals surface area contributed by atoms with Crippen molar-refractivity contribution in [3.63, 3.8) is 0 Å². The molecule has 152 valence electrons. The summed E-state index contributed by atoms with van der Waals surface area (Å²) in [5, 5.41) is 4.93. The highest BCUT2D eigenvalue weighted by Crippen LogP contribution is 2.30. The highest BCUT2D eigenvalue weighted by atomic mass is 35.5. The Kier molecular flexibility index (Phi) is 6.69. The fraction of sp³-hybridized carbons (Fsp3) is 0.450. The molecular weight excluding hydrogens is 388 g/mol. The second kappa shape index (κ2) is 9.03. The Bertz CT molecular complexity index is 830. The lowest BCUT2D eigenvalue weighted by Crippen LogP contribution is -2.49. The second-order valence-electron chi connectivity index (χ2n) is 7.05. The number of fused-ring (bicyclic) bond motifs is 1. The van der Waals surface area contributed by atoms with Crippen LogP contribution in [-0.2, 0) is 0 Å². The van der Waals surface area contributed by atoms with Crippen LogP contribution in [0.2, 0.25) is 0 Å². The average molecular weight is 412 g/mol. The Hall–Kier alpha value is -1.96. The van der Waals surface area contributed by atoms with Gasteiger partial charge in [-0.25, -0.2) is 0 Å². The predicted molar refractivity (Wildman–Crippen MR) is 107 cm³/mol. The zero-order chi connectivity index (χ0) is 18.8. The smallest absolute Gasteiger partial charge is 0.387 e. The van der Waals surface area contributed by atoms with Crippen LogP contribution in [0.15, 0.2) is 36.4 Å². The maximum atomic E-state index is 13.1. The van der Waals surface area contributed by atoms with E-state index in [9.17, 15) is 13.6 Å². The van der Waals surface area contributed by atoms with Crippen molar-refractivity contribution >= 4 is 29.1 Å². The first kappa shape index (κ1) is 20.8. The maximum absolute atomic E-state index is 13.1. The number of alkyl halides is 2. The summed E-state index contributed by atoms with van der Waals surface area (Å²) in [6.07, 6.45) is 0.907. The molecule has 0 saturated carbocycles. The highest BCUT2D eigenvalue weighted by molar-refractivity contribution is 6.01. The minimum absolute atomic E-state index is 0. The van der Waals surface area contributed by atoms with E-state index in [4.69, 9.17) is 0 Å². The van der Waals surface area contributed by atoms with Crippen LogP contribution in [-0.4, -0.2) is 67.6 Å². The van der Waals surface area contributed by atoms with Crippen molar-refractivity contribution in [2.24, 2.45) is 0 Å². The Morgan fingerprint density at radius 2 is 1.79 bits per heavy atom. The molecule has 28 heavy (non-hydrogen) atoms. The first-order chi connectivity index (χ1) is 13.1. The van der Waals surface area contributed by atoms with Crippen molar-refractivity contribution in [1.29, 1.82) is 0 Å². The van der Waals surface area contributed by atoms with Gasteiger partial charge in [-0.15, -0.1) is 12.4 Å². The van der Waals surface area contributed by atoms with Gasteiger partial charge in [0.1, 0.15) is 5.75 Å². The zero-order valence-electron chi connectivity index (χ0n) is 15.4. The minimum atomic E-state index is -2.97. The van der Waals surface area contributed by atoms with Crippen LogP contribution in [0.5, 0.6) is 5.75 Å². The molecule has 1 atom stereocenters. The highest BCUT2D eigenvalue weighted by Gasteiger charge is 2.32. The van der Waals surface area contributed by atoms with Crippen LogP contribution >= 0.6 is 12.4 Å². The average Bonchev–Trinajstić information content (AvgIpc) is 3.17. The molecule has 8 heteroatoms. The summed E-state index contributed by atoms with van der Waals surface area (Å²) in [7, 11) is 0. The number of amides is 1. The molecule has 2 fully saturated rings. The molecule has 0 spiro atoms. The lowest BCUT2D eigenvalue weighted by Gasteiger charge is -2.32. The van der Waals surface area contributed by atoms with E-state index in [-0.39, 0.29) is 29.6 Å². The van der Waals surface area contributed by atoms with E-state index in [1.54, 1.807) is 11.0 Å². The molecule has 1 N–H and O–H groups in total. The third-order valence-electron chi connectivity index (χ3n) is 5.41. The fourth-order valence-corrected chi connectivity index (χ4v) is 4.02.